The van der Waals surface area contributed by atoms with E-state index in [1.54, 1.807) is 0 Å². The molecule has 0 bridgehead atoms. The van der Waals surface area contributed by atoms with E-state index in [0.717, 1.165) is 35.0 Å². The molecule has 0 heterocycles. The molecular weight excluding hydrogens is 324 g/mol. The summed E-state index contributed by atoms with van der Waals surface area (Å²) in [7, 11) is 3.31. The molecule has 0 aromatic carbocycles. The lowest BCUT2D eigenvalue weighted by Gasteiger charge is -2.45. The molecule has 0 saturated heterocycles. The van der Waals surface area contributed by atoms with Gasteiger partial charge in [0.2, 0.25) is 0 Å². The molecule has 0 aliphatic rings. The van der Waals surface area contributed by atoms with Crippen molar-refractivity contribution in [1.82, 2.24) is 0 Å². The normalized spacial score (nSPS) is 20.4. The fraction of sp³-hybridized carbons (Fsp3) is 0.800. The van der Waals surface area contributed by atoms with Gasteiger partial charge in [-0.15, -0.1) is 0 Å². The minimum atomic E-state index is -2.70. The first-order chi connectivity index (χ1) is 10.9. The van der Waals surface area contributed by atoms with Crippen molar-refractivity contribution in [2.45, 2.75) is 50.3 Å². The molecule has 24 heavy (non-hydrogen) atoms. The topological polar surface area (TPSA) is 140 Å². The number of ketones is 3. The highest BCUT2D eigenvalue weighted by molar-refractivity contribution is 5.92. The van der Waals surface area contributed by atoms with Crippen LogP contribution in [-0.4, -0.2) is 90.1 Å². The second-order valence-electron chi connectivity index (χ2n) is 5.62. The van der Waals surface area contributed by atoms with Gasteiger partial charge in [0.15, 0.2) is 28.6 Å². The van der Waals surface area contributed by atoms with Crippen molar-refractivity contribution in [3.63, 3.8) is 0 Å². The van der Waals surface area contributed by atoms with Crippen LogP contribution in [0.5, 0.6) is 0 Å². The highest BCUT2D eigenvalue weighted by Gasteiger charge is 2.61. The third kappa shape index (κ3) is 4.05. The van der Waals surface area contributed by atoms with Gasteiger partial charge in [0.05, 0.1) is 6.61 Å². The molecule has 0 fully saturated rings. The average Bonchev–Trinajstić information content (AvgIpc) is 2.48. The van der Waals surface area contributed by atoms with Crippen molar-refractivity contribution >= 4 is 17.3 Å². The van der Waals surface area contributed by atoms with Crippen molar-refractivity contribution < 1.29 is 43.9 Å². The summed E-state index contributed by atoms with van der Waals surface area (Å²) in [4.78, 5) is 35.6. The molecule has 9 heteroatoms. The minimum Gasteiger partial charge on any atom is -0.382 e. The van der Waals surface area contributed by atoms with E-state index in [9.17, 15) is 29.7 Å². The lowest BCUT2D eigenvalue weighted by molar-refractivity contribution is -0.235. The predicted octanol–water partition coefficient (Wildman–Crippen LogP) is -1.75. The molecule has 0 aliphatic carbocycles. The molecule has 0 radical (unpaired) electrons. The Morgan fingerprint density at radius 1 is 0.958 bits per heavy atom. The number of methoxy groups -OCH3 is 3. The molecule has 3 N–H and O–H groups in total. The standard InChI is InChI=1S/C15H26O9/c1-8(16)11(19)12(23-5)15(21,10(3)18)13(24-6)14(20,7-22-4)9(2)17/h11-13,19-21H,7H2,1-6H3. The molecule has 0 spiro atoms. The van der Waals surface area contributed by atoms with Crippen LogP contribution in [0.15, 0.2) is 0 Å². The number of hydrogen-bond acceptors (Lipinski definition) is 9. The highest BCUT2D eigenvalue weighted by atomic mass is 16.5. The van der Waals surface area contributed by atoms with Crippen molar-refractivity contribution in [1.29, 1.82) is 0 Å². The van der Waals surface area contributed by atoms with Crippen LogP contribution in [0.3, 0.4) is 0 Å². The van der Waals surface area contributed by atoms with Gasteiger partial charge in [-0.05, 0) is 20.8 Å². The van der Waals surface area contributed by atoms with Gasteiger partial charge in [-0.2, -0.15) is 0 Å². The maximum Gasteiger partial charge on any atom is 0.181 e. The smallest absolute Gasteiger partial charge is 0.181 e. The van der Waals surface area contributed by atoms with Gasteiger partial charge in [-0.1, -0.05) is 0 Å². The van der Waals surface area contributed by atoms with Gasteiger partial charge in [0.1, 0.15) is 18.3 Å². The number of ether oxygens (including phenoxy) is 3. The van der Waals surface area contributed by atoms with Crippen LogP contribution in [0.25, 0.3) is 0 Å². The van der Waals surface area contributed by atoms with Gasteiger partial charge >= 0.3 is 0 Å². The third-order valence-electron chi connectivity index (χ3n) is 4.00. The van der Waals surface area contributed by atoms with Crippen molar-refractivity contribution in [3.05, 3.63) is 0 Å². The summed E-state index contributed by atoms with van der Waals surface area (Å²) in [5, 5.41) is 31.6. The number of rotatable bonds is 11. The summed E-state index contributed by atoms with van der Waals surface area (Å²) in [6, 6.07) is 0. The van der Waals surface area contributed by atoms with Gasteiger partial charge in [-0.3, -0.25) is 14.4 Å². The second-order valence-corrected chi connectivity index (χ2v) is 5.62. The number of carbonyl (C=O) groups is 3. The SMILES string of the molecule is COCC(O)(C(C)=O)C(OC)C(O)(C(C)=O)C(OC)C(O)C(C)=O. The van der Waals surface area contributed by atoms with E-state index in [4.69, 9.17) is 14.2 Å². The maximum atomic E-state index is 12.2. The van der Waals surface area contributed by atoms with Crippen LogP contribution in [-0.2, 0) is 28.6 Å². The van der Waals surface area contributed by atoms with E-state index < -0.39 is 53.5 Å². The molecule has 9 nitrogen and oxygen atoms in total. The van der Waals surface area contributed by atoms with E-state index in [-0.39, 0.29) is 0 Å². The summed E-state index contributed by atoms with van der Waals surface area (Å²) in [5.74, 6) is -2.60. The second kappa shape index (κ2) is 8.75. The molecule has 0 aromatic rings. The Kier molecular flexibility index (Phi) is 8.30. The molecule has 0 rings (SSSR count). The van der Waals surface area contributed by atoms with Crippen molar-refractivity contribution in [2.75, 3.05) is 27.9 Å². The Morgan fingerprint density at radius 2 is 1.46 bits per heavy atom. The van der Waals surface area contributed by atoms with E-state index in [2.05, 4.69) is 0 Å². The largest absolute Gasteiger partial charge is 0.382 e. The van der Waals surface area contributed by atoms with Crippen molar-refractivity contribution in [3.8, 4) is 0 Å². The maximum absolute atomic E-state index is 12.2. The van der Waals surface area contributed by atoms with Crippen LogP contribution in [0.2, 0.25) is 0 Å². The van der Waals surface area contributed by atoms with Gasteiger partial charge in [0.25, 0.3) is 0 Å². The fourth-order valence-corrected chi connectivity index (χ4v) is 2.62. The Hall–Kier alpha value is -1.23. The Labute approximate surface area is 140 Å². The summed E-state index contributed by atoms with van der Waals surface area (Å²) in [6.45, 7) is 2.42. The number of hydrogen-bond donors (Lipinski definition) is 3. The fourth-order valence-electron chi connectivity index (χ4n) is 2.62. The lowest BCUT2D eigenvalue weighted by Crippen LogP contribution is -2.71. The minimum absolute atomic E-state index is 0.594. The summed E-state index contributed by atoms with van der Waals surface area (Å²) >= 11 is 0. The van der Waals surface area contributed by atoms with Crippen LogP contribution in [0.4, 0.5) is 0 Å². The lowest BCUT2D eigenvalue weighted by atomic mass is 9.74. The number of aliphatic hydroxyl groups is 3. The Morgan fingerprint density at radius 3 is 1.71 bits per heavy atom. The molecular formula is C15H26O9. The zero-order valence-electron chi connectivity index (χ0n) is 14.7. The van der Waals surface area contributed by atoms with E-state index in [0.29, 0.717) is 0 Å². The molecule has 5 atom stereocenters. The highest BCUT2D eigenvalue weighted by Crippen LogP contribution is 2.32. The predicted molar refractivity (Wildman–Crippen MR) is 81.4 cm³/mol. The van der Waals surface area contributed by atoms with E-state index in [1.807, 2.05) is 0 Å². The third-order valence-corrected chi connectivity index (χ3v) is 4.00. The molecule has 5 unspecified atom stereocenters. The molecule has 0 saturated carbocycles. The number of Topliss-reactive ketones (excluding diaryl/α,β-unsaturated/α-hetero) is 3. The Balaban J connectivity index is 6.37. The summed E-state index contributed by atoms with van der Waals surface area (Å²) in [5.41, 5.74) is -5.12. The summed E-state index contributed by atoms with van der Waals surface area (Å²) < 4.78 is 14.8. The molecule has 0 aromatic heterocycles. The van der Waals surface area contributed by atoms with E-state index in [1.165, 1.54) is 7.11 Å². The first-order valence-electron chi connectivity index (χ1n) is 7.14. The molecule has 140 valence electrons. The first kappa shape index (κ1) is 22.8. The van der Waals surface area contributed by atoms with Gasteiger partial charge in [-0.25, -0.2) is 0 Å². The van der Waals surface area contributed by atoms with Crippen LogP contribution < -0.4 is 0 Å². The quantitative estimate of drug-likeness (QED) is 0.396. The summed E-state index contributed by atoms with van der Waals surface area (Å²) in [6.07, 6.45) is -5.53. The van der Waals surface area contributed by atoms with E-state index >= 15 is 0 Å². The zero-order chi connectivity index (χ0) is 19.3. The zero-order valence-corrected chi connectivity index (χ0v) is 14.7. The van der Waals surface area contributed by atoms with Crippen LogP contribution in [0.1, 0.15) is 20.8 Å². The molecule has 0 aliphatic heterocycles. The number of carbonyl (C=O) groups excluding carboxylic acids is 3. The van der Waals surface area contributed by atoms with Crippen LogP contribution >= 0.6 is 0 Å². The van der Waals surface area contributed by atoms with Gasteiger partial charge < -0.3 is 29.5 Å². The van der Waals surface area contributed by atoms with Crippen molar-refractivity contribution in [2.24, 2.45) is 0 Å². The monoisotopic (exact) mass is 350 g/mol. The van der Waals surface area contributed by atoms with Gasteiger partial charge in [0, 0.05) is 21.3 Å². The van der Waals surface area contributed by atoms with Crippen LogP contribution in [0, 0.1) is 0 Å². The first-order valence-corrected chi connectivity index (χ1v) is 7.14. The molecule has 0 amide bonds. The average molecular weight is 350 g/mol. The number of aliphatic hydroxyl groups excluding tert-OH is 1. The Bertz CT molecular complexity index is 478.